The predicted octanol–water partition coefficient (Wildman–Crippen LogP) is 1.35. The second kappa shape index (κ2) is 7.48. The monoisotopic (exact) mass is 267 g/mol. The zero-order valence-corrected chi connectivity index (χ0v) is 12.0. The molecular weight excluding hydrogens is 242 g/mol. The number of aliphatic hydroxyl groups is 2. The molecule has 19 heavy (non-hydrogen) atoms. The molecule has 0 saturated heterocycles. The van der Waals surface area contributed by atoms with Crippen molar-refractivity contribution in [3.8, 4) is 5.75 Å². The van der Waals surface area contributed by atoms with E-state index in [1.807, 2.05) is 24.3 Å². The van der Waals surface area contributed by atoms with Gasteiger partial charge in [0.2, 0.25) is 0 Å². The summed E-state index contributed by atoms with van der Waals surface area (Å²) in [4.78, 5) is 0. The van der Waals surface area contributed by atoms with E-state index >= 15 is 0 Å². The summed E-state index contributed by atoms with van der Waals surface area (Å²) in [5.74, 6) is 0.779. The molecule has 0 aliphatic rings. The first kappa shape index (κ1) is 16.0. The third kappa shape index (κ3) is 7.15. The molecule has 1 aromatic carbocycles. The summed E-state index contributed by atoms with van der Waals surface area (Å²) in [6, 6.07) is 7.87. The maximum Gasteiger partial charge on any atom is 0.119 e. The minimum Gasteiger partial charge on any atom is -0.491 e. The fourth-order valence-corrected chi connectivity index (χ4v) is 1.65. The van der Waals surface area contributed by atoms with E-state index in [0.717, 1.165) is 12.2 Å². The van der Waals surface area contributed by atoms with E-state index < -0.39 is 11.7 Å². The molecule has 0 aromatic heterocycles. The number of hydrogen-bond donors (Lipinski definition) is 3. The van der Waals surface area contributed by atoms with Crippen LogP contribution in [0.2, 0.25) is 0 Å². The molecule has 4 nitrogen and oxygen atoms in total. The van der Waals surface area contributed by atoms with Crippen molar-refractivity contribution in [3.05, 3.63) is 29.8 Å². The highest BCUT2D eigenvalue weighted by Gasteiger charge is 2.13. The van der Waals surface area contributed by atoms with Crippen LogP contribution < -0.4 is 10.1 Å². The van der Waals surface area contributed by atoms with Crippen LogP contribution in [-0.2, 0) is 6.42 Å². The molecule has 0 heterocycles. The van der Waals surface area contributed by atoms with Crippen molar-refractivity contribution in [3.63, 3.8) is 0 Å². The largest absolute Gasteiger partial charge is 0.491 e. The highest BCUT2D eigenvalue weighted by molar-refractivity contribution is 5.28. The molecule has 1 unspecified atom stereocenters. The van der Waals surface area contributed by atoms with Crippen molar-refractivity contribution >= 4 is 0 Å². The van der Waals surface area contributed by atoms with Crippen LogP contribution in [0.4, 0.5) is 0 Å². The zero-order chi connectivity index (χ0) is 14.3. The first-order chi connectivity index (χ1) is 8.90. The van der Waals surface area contributed by atoms with Crippen LogP contribution in [-0.4, -0.2) is 41.6 Å². The van der Waals surface area contributed by atoms with Crippen molar-refractivity contribution in [1.82, 2.24) is 5.32 Å². The first-order valence-electron chi connectivity index (χ1n) is 6.73. The molecule has 1 rings (SSSR count). The van der Waals surface area contributed by atoms with Gasteiger partial charge in [-0.25, -0.2) is 0 Å². The Labute approximate surface area is 115 Å². The summed E-state index contributed by atoms with van der Waals surface area (Å²) < 4.78 is 5.54. The summed E-state index contributed by atoms with van der Waals surface area (Å²) in [7, 11) is 0. The van der Waals surface area contributed by atoms with Crippen LogP contribution in [0.15, 0.2) is 24.3 Å². The number of rotatable bonds is 8. The second-order valence-corrected chi connectivity index (χ2v) is 5.41. The number of nitrogens with one attached hydrogen (secondary N) is 1. The molecule has 108 valence electrons. The molecule has 4 heteroatoms. The van der Waals surface area contributed by atoms with E-state index in [9.17, 15) is 10.2 Å². The first-order valence-corrected chi connectivity index (χ1v) is 6.73. The van der Waals surface area contributed by atoms with Gasteiger partial charge in [-0.2, -0.15) is 0 Å². The Bertz CT molecular complexity index is 374. The van der Waals surface area contributed by atoms with Crippen LogP contribution in [0.3, 0.4) is 0 Å². The van der Waals surface area contributed by atoms with Gasteiger partial charge in [0.05, 0.1) is 5.60 Å². The Hall–Kier alpha value is -1.10. The zero-order valence-electron chi connectivity index (χ0n) is 12.0. The average molecular weight is 267 g/mol. The number of aliphatic hydroxyl groups excluding tert-OH is 1. The fraction of sp³-hybridized carbons (Fsp3) is 0.600. The van der Waals surface area contributed by atoms with Crippen LogP contribution in [0, 0.1) is 0 Å². The quantitative estimate of drug-likeness (QED) is 0.665. The summed E-state index contributed by atoms with van der Waals surface area (Å²) in [5, 5.41) is 22.3. The van der Waals surface area contributed by atoms with Crippen molar-refractivity contribution in [2.24, 2.45) is 0 Å². The van der Waals surface area contributed by atoms with Crippen LogP contribution in [0.25, 0.3) is 0 Å². The molecule has 0 aliphatic heterocycles. The number of aryl methyl sites for hydroxylation is 1. The van der Waals surface area contributed by atoms with Gasteiger partial charge in [0.25, 0.3) is 0 Å². The highest BCUT2D eigenvalue weighted by Crippen LogP contribution is 2.13. The van der Waals surface area contributed by atoms with Gasteiger partial charge in [0, 0.05) is 13.1 Å². The van der Waals surface area contributed by atoms with Crippen molar-refractivity contribution in [2.75, 3.05) is 19.7 Å². The Balaban J connectivity index is 2.27. The molecule has 0 aliphatic carbocycles. The number of hydrogen-bond acceptors (Lipinski definition) is 4. The van der Waals surface area contributed by atoms with Crippen molar-refractivity contribution in [1.29, 1.82) is 0 Å². The van der Waals surface area contributed by atoms with E-state index in [1.165, 1.54) is 5.56 Å². The van der Waals surface area contributed by atoms with Gasteiger partial charge in [-0.15, -0.1) is 0 Å². The molecule has 3 N–H and O–H groups in total. The summed E-state index contributed by atoms with van der Waals surface area (Å²) >= 11 is 0. The number of benzene rings is 1. The minimum absolute atomic E-state index is 0.242. The Kier molecular flexibility index (Phi) is 6.28. The highest BCUT2D eigenvalue weighted by atomic mass is 16.5. The topological polar surface area (TPSA) is 61.7 Å². The summed E-state index contributed by atoms with van der Waals surface area (Å²) in [6.45, 7) is 6.62. The summed E-state index contributed by atoms with van der Waals surface area (Å²) in [5.41, 5.74) is 0.447. The number of ether oxygens (including phenoxy) is 1. The molecule has 0 saturated carbocycles. The molecular formula is C15H25NO3. The smallest absolute Gasteiger partial charge is 0.119 e. The van der Waals surface area contributed by atoms with Gasteiger partial charge in [0.1, 0.15) is 18.5 Å². The molecule has 1 atom stereocenters. The molecule has 1 aromatic rings. The Morgan fingerprint density at radius 3 is 2.74 bits per heavy atom. The maximum absolute atomic E-state index is 9.76. The molecule has 0 spiro atoms. The van der Waals surface area contributed by atoms with Crippen LogP contribution in [0.1, 0.15) is 26.3 Å². The van der Waals surface area contributed by atoms with Gasteiger partial charge in [0.15, 0.2) is 0 Å². The van der Waals surface area contributed by atoms with Gasteiger partial charge in [-0.05, 0) is 38.0 Å². The molecule has 0 fully saturated rings. The fourth-order valence-electron chi connectivity index (χ4n) is 1.65. The van der Waals surface area contributed by atoms with Gasteiger partial charge >= 0.3 is 0 Å². The molecule has 0 radical (unpaired) electrons. The summed E-state index contributed by atoms with van der Waals surface area (Å²) in [6.07, 6.45) is 0.375. The normalized spacial score (nSPS) is 13.3. The lowest BCUT2D eigenvalue weighted by molar-refractivity contribution is 0.0665. The third-order valence-electron chi connectivity index (χ3n) is 2.69. The Morgan fingerprint density at radius 1 is 1.37 bits per heavy atom. The lowest BCUT2D eigenvalue weighted by atomic mass is 10.1. The van der Waals surface area contributed by atoms with E-state index in [2.05, 4.69) is 12.2 Å². The molecule has 0 amide bonds. The van der Waals surface area contributed by atoms with Gasteiger partial charge < -0.3 is 20.3 Å². The van der Waals surface area contributed by atoms with Crippen molar-refractivity contribution < 1.29 is 14.9 Å². The van der Waals surface area contributed by atoms with E-state index in [1.54, 1.807) is 13.8 Å². The lowest BCUT2D eigenvalue weighted by Crippen LogP contribution is -2.40. The van der Waals surface area contributed by atoms with Gasteiger partial charge in [-0.3, -0.25) is 0 Å². The van der Waals surface area contributed by atoms with Crippen LogP contribution >= 0.6 is 0 Å². The predicted molar refractivity (Wildman–Crippen MR) is 76.5 cm³/mol. The van der Waals surface area contributed by atoms with Crippen LogP contribution in [0.5, 0.6) is 5.75 Å². The van der Waals surface area contributed by atoms with Crippen molar-refractivity contribution in [2.45, 2.75) is 38.9 Å². The molecule has 0 bridgehead atoms. The second-order valence-electron chi connectivity index (χ2n) is 5.41. The van der Waals surface area contributed by atoms with E-state index in [4.69, 9.17) is 4.74 Å². The van der Waals surface area contributed by atoms with E-state index in [-0.39, 0.29) is 6.61 Å². The lowest BCUT2D eigenvalue weighted by Gasteiger charge is -2.19. The van der Waals surface area contributed by atoms with Gasteiger partial charge in [-0.1, -0.05) is 19.1 Å². The SMILES string of the molecule is CCc1cccc(OCC(O)CNCC(C)(C)O)c1. The Morgan fingerprint density at radius 2 is 2.11 bits per heavy atom. The maximum atomic E-state index is 9.76. The third-order valence-corrected chi connectivity index (χ3v) is 2.69. The standard InChI is InChI=1S/C15H25NO3/c1-4-12-6-5-7-14(8-12)19-10-13(17)9-16-11-15(2,3)18/h5-8,13,16-18H,4,9-11H2,1-3H3. The van der Waals surface area contributed by atoms with E-state index in [0.29, 0.717) is 13.1 Å². The average Bonchev–Trinajstić information content (AvgIpc) is 2.35. The minimum atomic E-state index is -0.768.